The maximum Gasteiger partial charge on any atom is 0.0635 e. The molecule has 1 aliphatic carbocycles. The topological polar surface area (TPSA) is 35.8 Å². The number of nitrogens with zero attached hydrogens (tertiary/aromatic N) is 1. The van der Waals surface area contributed by atoms with Crippen LogP contribution in [-0.4, -0.2) is 12.6 Å². The fraction of sp³-hybridized carbons (Fsp3) is 0.667. The van der Waals surface area contributed by atoms with Gasteiger partial charge in [0.05, 0.1) is 6.07 Å². The molecule has 0 bridgehead atoms. The highest BCUT2D eigenvalue weighted by molar-refractivity contribution is 4.97. The lowest BCUT2D eigenvalue weighted by atomic mass is 10.0. The Bertz CT molecular complexity index is 167. The molecule has 0 saturated carbocycles. The number of nitriles is 1. The van der Waals surface area contributed by atoms with Crippen LogP contribution in [-0.2, 0) is 0 Å². The third-order valence-corrected chi connectivity index (χ3v) is 1.90. The van der Waals surface area contributed by atoms with Gasteiger partial charge in [-0.2, -0.15) is 5.26 Å². The molecular weight excluding hydrogens is 136 g/mol. The Labute approximate surface area is 67.9 Å². The van der Waals surface area contributed by atoms with Crippen LogP contribution in [0.4, 0.5) is 0 Å². The van der Waals surface area contributed by atoms with Gasteiger partial charge in [0.1, 0.15) is 0 Å². The molecule has 0 amide bonds. The second-order valence-electron chi connectivity index (χ2n) is 2.83. The molecule has 1 rings (SSSR count). The van der Waals surface area contributed by atoms with Gasteiger partial charge in [-0.3, -0.25) is 0 Å². The first kappa shape index (κ1) is 8.29. The van der Waals surface area contributed by atoms with Crippen molar-refractivity contribution in [3.63, 3.8) is 0 Å². The minimum Gasteiger partial charge on any atom is -0.309 e. The summed E-state index contributed by atoms with van der Waals surface area (Å²) < 4.78 is 0. The van der Waals surface area contributed by atoms with Crippen molar-refractivity contribution in [2.24, 2.45) is 0 Å². The molecule has 0 radical (unpaired) electrons. The van der Waals surface area contributed by atoms with Gasteiger partial charge in [-0.1, -0.05) is 12.2 Å². The molecule has 2 heteroatoms. The van der Waals surface area contributed by atoms with Crippen LogP contribution in [0, 0.1) is 11.3 Å². The van der Waals surface area contributed by atoms with Gasteiger partial charge in [-0.05, 0) is 19.3 Å². The molecule has 1 aliphatic rings. The van der Waals surface area contributed by atoms with Crippen molar-refractivity contribution < 1.29 is 0 Å². The summed E-state index contributed by atoms with van der Waals surface area (Å²) in [6.45, 7) is 0.825. The summed E-state index contributed by atoms with van der Waals surface area (Å²) in [7, 11) is 0. The van der Waals surface area contributed by atoms with E-state index in [1.165, 1.54) is 19.3 Å². The zero-order valence-electron chi connectivity index (χ0n) is 6.71. The summed E-state index contributed by atoms with van der Waals surface area (Å²) >= 11 is 0. The summed E-state index contributed by atoms with van der Waals surface area (Å²) in [5.41, 5.74) is 0. The largest absolute Gasteiger partial charge is 0.309 e. The number of rotatable bonds is 3. The average molecular weight is 150 g/mol. The van der Waals surface area contributed by atoms with Crippen molar-refractivity contribution in [3.8, 4) is 6.07 Å². The van der Waals surface area contributed by atoms with Crippen LogP contribution in [0.5, 0.6) is 0 Å². The molecule has 0 aromatic heterocycles. The molecule has 1 unspecified atom stereocenters. The highest BCUT2D eigenvalue weighted by Crippen LogP contribution is 2.09. The zero-order valence-corrected chi connectivity index (χ0v) is 6.71. The summed E-state index contributed by atoms with van der Waals surface area (Å²) in [6, 6.07) is 2.65. The van der Waals surface area contributed by atoms with Crippen molar-refractivity contribution in [3.05, 3.63) is 12.2 Å². The molecule has 0 spiro atoms. The Morgan fingerprint density at radius 3 is 3.18 bits per heavy atom. The lowest BCUT2D eigenvalue weighted by molar-refractivity contribution is 0.529. The van der Waals surface area contributed by atoms with Gasteiger partial charge >= 0.3 is 0 Å². The van der Waals surface area contributed by atoms with Gasteiger partial charge in [-0.15, -0.1) is 0 Å². The van der Waals surface area contributed by atoms with Crippen LogP contribution in [0.1, 0.15) is 25.7 Å². The second kappa shape index (κ2) is 4.92. The van der Waals surface area contributed by atoms with E-state index in [0.717, 1.165) is 6.54 Å². The van der Waals surface area contributed by atoms with Crippen molar-refractivity contribution >= 4 is 0 Å². The molecule has 0 aliphatic heterocycles. The fourth-order valence-electron chi connectivity index (χ4n) is 1.30. The van der Waals surface area contributed by atoms with Gasteiger partial charge < -0.3 is 5.32 Å². The Morgan fingerprint density at radius 1 is 1.64 bits per heavy atom. The first-order valence-corrected chi connectivity index (χ1v) is 4.20. The maximum atomic E-state index is 8.29. The summed E-state index contributed by atoms with van der Waals surface area (Å²) in [5.74, 6) is 0. The van der Waals surface area contributed by atoms with Gasteiger partial charge in [0.2, 0.25) is 0 Å². The van der Waals surface area contributed by atoms with Gasteiger partial charge in [-0.25, -0.2) is 0 Å². The SMILES string of the molecule is N#CCCNC1C=CCCC1. The molecule has 1 atom stereocenters. The molecular formula is C9H14N2. The minimum absolute atomic E-state index is 0.525. The average Bonchev–Trinajstić information content (AvgIpc) is 2.07. The molecule has 0 heterocycles. The van der Waals surface area contributed by atoms with Gasteiger partial charge in [0.25, 0.3) is 0 Å². The quantitative estimate of drug-likeness (QED) is 0.490. The highest BCUT2D eigenvalue weighted by Gasteiger charge is 2.05. The maximum absolute atomic E-state index is 8.29. The van der Waals surface area contributed by atoms with Crippen molar-refractivity contribution in [1.29, 1.82) is 5.26 Å². The van der Waals surface area contributed by atoms with Crippen LogP contribution >= 0.6 is 0 Å². The number of hydrogen-bond donors (Lipinski definition) is 1. The molecule has 0 aromatic rings. The van der Waals surface area contributed by atoms with Crippen molar-refractivity contribution in [1.82, 2.24) is 5.32 Å². The lowest BCUT2D eigenvalue weighted by Gasteiger charge is -2.16. The first-order valence-electron chi connectivity index (χ1n) is 4.20. The standard InChI is InChI=1S/C9H14N2/c10-7-4-8-11-9-5-2-1-3-6-9/h2,5,9,11H,1,3-4,6,8H2. The van der Waals surface area contributed by atoms with E-state index in [1.54, 1.807) is 0 Å². The Hall–Kier alpha value is -0.810. The third kappa shape index (κ3) is 3.20. The normalized spacial score (nSPS) is 23.0. The highest BCUT2D eigenvalue weighted by atomic mass is 14.9. The number of hydrogen-bond acceptors (Lipinski definition) is 2. The van der Waals surface area contributed by atoms with Crippen LogP contribution in [0.3, 0.4) is 0 Å². The van der Waals surface area contributed by atoms with E-state index in [0.29, 0.717) is 12.5 Å². The predicted octanol–water partition coefficient (Wildman–Crippen LogP) is 1.60. The summed E-state index contributed by atoms with van der Waals surface area (Å²) in [6.07, 6.45) is 8.76. The van der Waals surface area contributed by atoms with E-state index < -0.39 is 0 Å². The van der Waals surface area contributed by atoms with Crippen molar-refractivity contribution in [2.45, 2.75) is 31.7 Å². The second-order valence-corrected chi connectivity index (χ2v) is 2.83. The number of nitrogens with one attached hydrogen (secondary N) is 1. The van der Waals surface area contributed by atoms with Crippen LogP contribution in [0.15, 0.2) is 12.2 Å². The first-order chi connectivity index (χ1) is 5.43. The Morgan fingerprint density at radius 2 is 2.55 bits per heavy atom. The van der Waals surface area contributed by atoms with Crippen LogP contribution in [0.25, 0.3) is 0 Å². The monoisotopic (exact) mass is 150 g/mol. The Kier molecular flexibility index (Phi) is 3.71. The van der Waals surface area contributed by atoms with E-state index in [2.05, 4.69) is 23.5 Å². The summed E-state index contributed by atoms with van der Waals surface area (Å²) in [4.78, 5) is 0. The molecule has 60 valence electrons. The van der Waals surface area contributed by atoms with E-state index >= 15 is 0 Å². The van der Waals surface area contributed by atoms with Crippen molar-refractivity contribution in [2.75, 3.05) is 6.54 Å². The zero-order chi connectivity index (χ0) is 7.94. The molecule has 0 saturated heterocycles. The number of allylic oxidation sites excluding steroid dienone is 1. The molecule has 11 heavy (non-hydrogen) atoms. The third-order valence-electron chi connectivity index (χ3n) is 1.90. The van der Waals surface area contributed by atoms with Crippen LogP contribution in [0.2, 0.25) is 0 Å². The van der Waals surface area contributed by atoms with E-state index in [9.17, 15) is 0 Å². The molecule has 1 N–H and O–H groups in total. The minimum atomic E-state index is 0.525. The fourth-order valence-corrected chi connectivity index (χ4v) is 1.30. The van der Waals surface area contributed by atoms with E-state index in [4.69, 9.17) is 5.26 Å². The lowest BCUT2D eigenvalue weighted by Crippen LogP contribution is -2.28. The summed E-state index contributed by atoms with van der Waals surface area (Å²) in [5, 5.41) is 11.6. The molecule has 0 fully saturated rings. The molecule has 2 nitrogen and oxygen atoms in total. The van der Waals surface area contributed by atoms with Gasteiger partial charge in [0.15, 0.2) is 0 Å². The van der Waals surface area contributed by atoms with Gasteiger partial charge in [0, 0.05) is 19.0 Å². The smallest absolute Gasteiger partial charge is 0.0635 e. The Balaban J connectivity index is 2.11. The van der Waals surface area contributed by atoms with E-state index in [-0.39, 0.29) is 0 Å². The van der Waals surface area contributed by atoms with Crippen LogP contribution < -0.4 is 5.32 Å². The van der Waals surface area contributed by atoms with E-state index in [1.807, 2.05) is 0 Å². The predicted molar refractivity (Wildman–Crippen MR) is 45.0 cm³/mol. The molecule has 0 aromatic carbocycles.